The van der Waals surface area contributed by atoms with Gasteiger partial charge in [-0.1, -0.05) is 6.92 Å². The number of nitrogens with two attached hydrogens (primary N) is 1. The maximum Gasteiger partial charge on any atom is 0.227 e. The molecule has 4 nitrogen and oxygen atoms in total. The number of rotatable bonds is 2. The Morgan fingerprint density at radius 3 is 2.60 bits per heavy atom. The van der Waals surface area contributed by atoms with Crippen molar-refractivity contribution in [1.82, 2.24) is 4.90 Å². The maximum absolute atomic E-state index is 11.9. The van der Waals surface area contributed by atoms with E-state index in [-0.39, 0.29) is 36.4 Å². The summed E-state index contributed by atoms with van der Waals surface area (Å²) < 4.78 is 5.37. The van der Waals surface area contributed by atoms with Crippen molar-refractivity contribution in [3.63, 3.8) is 0 Å². The number of halogens is 1. The molecular formula is C10H21ClN2O2. The summed E-state index contributed by atoms with van der Waals surface area (Å²) in [5.74, 6) is 0.0513. The average molecular weight is 237 g/mol. The standard InChI is InChI=1S/C10H20N2O2.ClH/c1-7-6-12(4-5-14-7)10(13)8(2)9(3)11;/h7-9H,4-6,11H2,1-3H3;1H. The Bertz CT molecular complexity index is 212. The van der Waals surface area contributed by atoms with E-state index in [1.165, 1.54) is 0 Å². The lowest BCUT2D eigenvalue weighted by molar-refractivity contribution is -0.142. The Labute approximate surface area is 97.5 Å². The fourth-order valence-corrected chi connectivity index (χ4v) is 1.53. The minimum Gasteiger partial charge on any atom is -0.375 e. The van der Waals surface area contributed by atoms with E-state index in [0.29, 0.717) is 19.7 Å². The molecule has 1 heterocycles. The highest BCUT2D eigenvalue weighted by Crippen LogP contribution is 2.10. The van der Waals surface area contributed by atoms with Crippen LogP contribution in [0.15, 0.2) is 0 Å². The van der Waals surface area contributed by atoms with Crippen LogP contribution in [-0.2, 0) is 9.53 Å². The first-order valence-electron chi connectivity index (χ1n) is 5.18. The molecule has 0 aromatic heterocycles. The van der Waals surface area contributed by atoms with Crippen LogP contribution in [0.5, 0.6) is 0 Å². The second kappa shape index (κ2) is 6.30. The monoisotopic (exact) mass is 236 g/mol. The highest BCUT2D eigenvalue weighted by Gasteiger charge is 2.26. The Hall–Kier alpha value is -0.320. The van der Waals surface area contributed by atoms with Gasteiger partial charge in [-0.25, -0.2) is 0 Å². The van der Waals surface area contributed by atoms with Gasteiger partial charge in [-0.2, -0.15) is 0 Å². The van der Waals surface area contributed by atoms with Crippen LogP contribution in [0.25, 0.3) is 0 Å². The third kappa shape index (κ3) is 3.97. The molecule has 3 atom stereocenters. The smallest absolute Gasteiger partial charge is 0.227 e. The number of nitrogens with zero attached hydrogens (tertiary/aromatic N) is 1. The van der Waals surface area contributed by atoms with Crippen molar-refractivity contribution in [1.29, 1.82) is 0 Å². The molecule has 5 heteroatoms. The first kappa shape index (κ1) is 14.7. The van der Waals surface area contributed by atoms with Gasteiger partial charge in [0, 0.05) is 19.1 Å². The van der Waals surface area contributed by atoms with Crippen molar-refractivity contribution < 1.29 is 9.53 Å². The third-order valence-corrected chi connectivity index (χ3v) is 2.73. The summed E-state index contributed by atoms with van der Waals surface area (Å²) in [6.07, 6.45) is 0.146. The molecule has 1 aliphatic rings. The van der Waals surface area contributed by atoms with Gasteiger partial charge in [0.15, 0.2) is 0 Å². The zero-order valence-electron chi connectivity index (χ0n) is 9.60. The molecule has 15 heavy (non-hydrogen) atoms. The van der Waals surface area contributed by atoms with Crippen molar-refractivity contribution in [3.8, 4) is 0 Å². The molecule has 0 aromatic carbocycles. The number of hydrogen-bond acceptors (Lipinski definition) is 3. The second-order valence-corrected chi connectivity index (χ2v) is 4.11. The van der Waals surface area contributed by atoms with Crippen LogP contribution < -0.4 is 5.73 Å². The summed E-state index contributed by atoms with van der Waals surface area (Å²) in [6, 6.07) is -0.0827. The van der Waals surface area contributed by atoms with Crippen LogP contribution in [0.2, 0.25) is 0 Å². The van der Waals surface area contributed by atoms with Gasteiger partial charge < -0.3 is 15.4 Å². The lowest BCUT2D eigenvalue weighted by Crippen LogP contribution is -2.49. The fourth-order valence-electron chi connectivity index (χ4n) is 1.53. The van der Waals surface area contributed by atoms with E-state index in [1.54, 1.807) is 0 Å². The normalized spacial score (nSPS) is 25.3. The summed E-state index contributed by atoms with van der Waals surface area (Å²) >= 11 is 0. The van der Waals surface area contributed by atoms with Crippen molar-refractivity contribution in [2.24, 2.45) is 11.7 Å². The second-order valence-electron chi connectivity index (χ2n) is 4.11. The molecule has 1 saturated heterocycles. The molecule has 1 fully saturated rings. The molecule has 1 rings (SSSR count). The van der Waals surface area contributed by atoms with Crippen LogP contribution in [-0.4, -0.2) is 42.6 Å². The van der Waals surface area contributed by atoms with Crippen LogP contribution in [0.1, 0.15) is 20.8 Å². The van der Waals surface area contributed by atoms with E-state index in [2.05, 4.69) is 0 Å². The predicted molar refractivity (Wildman–Crippen MR) is 62.1 cm³/mol. The summed E-state index contributed by atoms with van der Waals surface area (Å²) in [4.78, 5) is 13.7. The van der Waals surface area contributed by atoms with E-state index in [0.717, 1.165) is 0 Å². The van der Waals surface area contributed by atoms with E-state index < -0.39 is 0 Å². The molecule has 0 radical (unpaired) electrons. The lowest BCUT2D eigenvalue weighted by atomic mass is 10.0. The minimum absolute atomic E-state index is 0. The van der Waals surface area contributed by atoms with Crippen molar-refractivity contribution in [2.75, 3.05) is 19.7 Å². The number of carbonyl (C=O) groups excluding carboxylic acids is 1. The van der Waals surface area contributed by atoms with Crippen molar-refractivity contribution in [3.05, 3.63) is 0 Å². The van der Waals surface area contributed by atoms with E-state index >= 15 is 0 Å². The van der Waals surface area contributed by atoms with Gasteiger partial charge in [0.1, 0.15) is 0 Å². The van der Waals surface area contributed by atoms with Crippen LogP contribution in [0, 0.1) is 5.92 Å². The molecule has 90 valence electrons. The van der Waals surface area contributed by atoms with E-state index in [1.807, 2.05) is 25.7 Å². The molecule has 0 aliphatic carbocycles. The molecule has 0 spiro atoms. The van der Waals surface area contributed by atoms with Gasteiger partial charge in [-0.15, -0.1) is 12.4 Å². The Balaban J connectivity index is 0.00000196. The van der Waals surface area contributed by atoms with Gasteiger partial charge in [0.2, 0.25) is 5.91 Å². The van der Waals surface area contributed by atoms with E-state index in [4.69, 9.17) is 10.5 Å². The quantitative estimate of drug-likeness (QED) is 0.766. The molecule has 2 N–H and O–H groups in total. The number of ether oxygens (including phenoxy) is 1. The van der Waals surface area contributed by atoms with Gasteiger partial charge in [0.05, 0.1) is 18.6 Å². The molecule has 3 unspecified atom stereocenters. The molecule has 0 aromatic rings. The molecule has 1 aliphatic heterocycles. The third-order valence-electron chi connectivity index (χ3n) is 2.73. The van der Waals surface area contributed by atoms with Crippen LogP contribution in [0.4, 0.5) is 0 Å². The fraction of sp³-hybridized carbons (Fsp3) is 0.900. The lowest BCUT2D eigenvalue weighted by Gasteiger charge is -2.33. The molecular weight excluding hydrogens is 216 g/mol. The van der Waals surface area contributed by atoms with Crippen LogP contribution in [0.3, 0.4) is 0 Å². The highest BCUT2D eigenvalue weighted by molar-refractivity contribution is 5.85. The van der Waals surface area contributed by atoms with Crippen LogP contribution >= 0.6 is 12.4 Å². The van der Waals surface area contributed by atoms with Gasteiger partial charge >= 0.3 is 0 Å². The summed E-state index contributed by atoms with van der Waals surface area (Å²) in [5, 5.41) is 0. The number of morpholine rings is 1. The average Bonchev–Trinajstić information content (AvgIpc) is 2.15. The summed E-state index contributed by atoms with van der Waals surface area (Å²) in [6.45, 7) is 7.75. The predicted octanol–water partition coefficient (Wildman–Crippen LogP) is 0.639. The first-order valence-corrected chi connectivity index (χ1v) is 5.18. The molecule has 0 bridgehead atoms. The number of amides is 1. The van der Waals surface area contributed by atoms with Gasteiger partial charge in [-0.05, 0) is 13.8 Å². The Kier molecular flexibility index (Phi) is 6.17. The highest BCUT2D eigenvalue weighted by atomic mass is 35.5. The maximum atomic E-state index is 11.9. The SMILES string of the molecule is CC1CN(C(=O)C(C)C(C)N)CCO1.Cl. The first-order chi connectivity index (χ1) is 6.52. The van der Waals surface area contributed by atoms with Crippen molar-refractivity contribution >= 4 is 18.3 Å². The summed E-state index contributed by atoms with van der Waals surface area (Å²) in [5.41, 5.74) is 5.70. The number of hydrogen-bond donors (Lipinski definition) is 1. The van der Waals surface area contributed by atoms with Gasteiger partial charge in [0.25, 0.3) is 0 Å². The Morgan fingerprint density at radius 2 is 2.13 bits per heavy atom. The van der Waals surface area contributed by atoms with Crippen molar-refractivity contribution in [2.45, 2.75) is 32.9 Å². The van der Waals surface area contributed by atoms with E-state index in [9.17, 15) is 4.79 Å². The molecule has 1 amide bonds. The molecule has 0 saturated carbocycles. The Morgan fingerprint density at radius 1 is 1.53 bits per heavy atom. The summed E-state index contributed by atoms with van der Waals surface area (Å²) in [7, 11) is 0. The minimum atomic E-state index is -0.0969. The zero-order valence-corrected chi connectivity index (χ0v) is 10.4. The topological polar surface area (TPSA) is 55.6 Å². The number of carbonyl (C=O) groups is 1. The van der Waals surface area contributed by atoms with Gasteiger partial charge in [-0.3, -0.25) is 4.79 Å². The zero-order chi connectivity index (χ0) is 10.7. The largest absolute Gasteiger partial charge is 0.375 e.